The van der Waals surface area contributed by atoms with Crippen LogP contribution in [0.1, 0.15) is 41.7 Å². The molecule has 1 fully saturated rings. The lowest BCUT2D eigenvalue weighted by Crippen LogP contribution is -2.39. The van der Waals surface area contributed by atoms with Gasteiger partial charge in [-0.2, -0.15) is 5.10 Å². The predicted molar refractivity (Wildman–Crippen MR) is 102 cm³/mol. The van der Waals surface area contributed by atoms with E-state index in [1.54, 1.807) is 17.1 Å². The molecule has 0 radical (unpaired) electrons. The first-order valence-electron chi connectivity index (χ1n) is 9.33. The lowest BCUT2D eigenvalue weighted by atomic mass is 9.94. The van der Waals surface area contributed by atoms with E-state index in [1.807, 2.05) is 43.1 Å². The lowest BCUT2D eigenvalue weighted by Gasteiger charge is -2.32. The fraction of sp³-hybridized carbons (Fsp3) is 0.400. The smallest absolute Gasteiger partial charge is 0.253 e. The Bertz CT molecular complexity index is 951. The summed E-state index contributed by atoms with van der Waals surface area (Å²) in [7, 11) is 1.88. The molecule has 1 amide bonds. The van der Waals surface area contributed by atoms with Gasteiger partial charge in [-0.3, -0.25) is 4.79 Å². The molecule has 140 valence electrons. The minimum absolute atomic E-state index is 0.0501. The van der Waals surface area contributed by atoms with Gasteiger partial charge >= 0.3 is 0 Å². The van der Waals surface area contributed by atoms with E-state index in [0.29, 0.717) is 18.7 Å². The highest BCUT2D eigenvalue weighted by Gasteiger charge is 2.29. The molecule has 1 aliphatic rings. The zero-order valence-corrected chi connectivity index (χ0v) is 15.6. The topological polar surface area (TPSA) is 73.1 Å². The van der Waals surface area contributed by atoms with Crippen LogP contribution in [0.15, 0.2) is 36.7 Å². The van der Waals surface area contributed by atoms with E-state index < -0.39 is 0 Å². The van der Waals surface area contributed by atoms with Crippen molar-refractivity contribution >= 4 is 17.1 Å². The number of nitrogens with zero attached hydrogens (tertiary/aromatic N) is 5. The highest BCUT2D eigenvalue weighted by atomic mass is 16.5. The number of likely N-dealkylation sites (tertiary alicyclic amines) is 1. The summed E-state index contributed by atoms with van der Waals surface area (Å²) < 4.78 is 7.22. The van der Waals surface area contributed by atoms with Crippen molar-refractivity contribution in [3.8, 4) is 5.75 Å². The van der Waals surface area contributed by atoms with Crippen LogP contribution in [0.2, 0.25) is 0 Å². The minimum Gasteiger partial charge on any atom is -0.494 e. The molecule has 0 spiro atoms. The van der Waals surface area contributed by atoms with Crippen molar-refractivity contribution in [1.82, 2.24) is 24.6 Å². The Kier molecular flexibility index (Phi) is 4.75. The molecule has 1 atom stereocenters. The van der Waals surface area contributed by atoms with Crippen LogP contribution in [0.5, 0.6) is 5.75 Å². The van der Waals surface area contributed by atoms with Gasteiger partial charge in [0.15, 0.2) is 5.65 Å². The van der Waals surface area contributed by atoms with Gasteiger partial charge in [-0.1, -0.05) is 0 Å². The summed E-state index contributed by atoms with van der Waals surface area (Å²) in [5, 5.41) is 4.65. The van der Waals surface area contributed by atoms with E-state index in [4.69, 9.17) is 4.74 Å². The summed E-state index contributed by atoms with van der Waals surface area (Å²) in [6, 6.07) is 7.36. The zero-order valence-electron chi connectivity index (χ0n) is 15.6. The highest BCUT2D eigenvalue weighted by Crippen LogP contribution is 2.30. The number of amides is 1. The first-order chi connectivity index (χ1) is 13.2. The molecule has 7 heteroatoms. The highest BCUT2D eigenvalue weighted by molar-refractivity contribution is 5.94. The normalized spacial score (nSPS) is 17.3. The van der Waals surface area contributed by atoms with E-state index in [1.165, 1.54) is 0 Å². The van der Waals surface area contributed by atoms with Gasteiger partial charge in [-0.05, 0) is 44.0 Å². The van der Waals surface area contributed by atoms with Gasteiger partial charge in [0, 0.05) is 44.0 Å². The van der Waals surface area contributed by atoms with Crippen LogP contribution in [0.3, 0.4) is 0 Å². The van der Waals surface area contributed by atoms with Gasteiger partial charge < -0.3 is 9.64 Å². The number of benzene rings is 1. The number of ether oxygens (including phenoxy) is 1. The number of carbonyl (C=O) groups is 1. The molecule has 1 saturated heterocycles. The molecular weight excluding hydrogens is 342 g/mol. The van der Waals surface area contributed by atoms with Crippen LogP contribution in [-0.2, 0) is 7.05 Å². The molecule has 4 rings (SSSR count). The predicted octanol–water partition coefficient (Wildman–Crippen LogP) is 2.78. The second kappa shape index (κ2) is 7.34. The Morgan fingerprint density at radius 1 is 1.22 bits per heavy atom. The average molecular weight is 365 g/mol. The summed E-state index contributed by atoms with van der Waals surface area (Å²) in [5.41, 5.74) is 3.23. The number of aryl methyl sites for hydroxylation is 1. The molecule has 0 N–H and O–H groups in total. The SMILES string of the molecule is CCOc1ccc(C(=O)N2CCC[C@H](c3nn(C)c4nccnc34)C2)cc1. The second-order valence-electron chi connectivity index (χ2n) is 6.79. The summed E-state index contributed by atoms with van der Waals surface area (Å²) >= 11 is 0. The number of carbonyl (C=O) groups excluding carboxylic acids is 1. The van der Waals surface area contributed by atoms with Gasteiger partial charge in [0.05, 0.1) is 12.3 Å². The third-order valence-corrected chi connectivity index (χ3v) is 4.99. The van der Waals surface area contributed by atoms with Gasteiger partial charge in [0.25, 0.3) is 5.91 Å². The van der Waals surface area contributed by atoms with Crippen molar-refractivity contribution in [2.24, 2.45) is 7.05 Å². The van der Waals surface area contributed by atoms with Crippen LogP contribution in [0.25, 0.3) is 11.2 Å². The van der Waals surface area contributed by atoms with Crippen molar-refractivity contribution in [3.05, 3.63) is 47.9 Å². The molecule has 1 aliphatic heterocycles. The fourth-order valence-corrected chi connectivity index (χ4v) is 3.71. The Hall–Kier alpha value is -2.96. The monoisotopic (exact) mass is 365 g/mol. The molecule has 3 aromatic rings. The van der Waals surface area contributed by atoms with Crippen molar-refractivity contribution < 1.29 is 9.53 Å². The number of hydrogen-bond acceptors (Lipinski definition) is 5. The quantitative estimate of drug-likeness (QED) is 0.711. The third-order valence-electron chi connectivity index (χ3n) is 4.99. The molecule has 0 unspecified atom stereocenters. The summed E-state index contributed by atoms with van der Waals surface area (Å²) in [4.78, 5) is 23.7. The molecule has 7 nitrogen and oxygen atoms in total. The molecule has 0 saturated carbocycles. The van der Waals surface area contributed by atoms with Crippen molar-refractivity contribution in [2.45, 2.75) is 25.7 Å². The Morgan fingerprint density at radius 2 is 2.00 bits per heavy atom. The lowest BCUT2D eigenvalue weighted by molar-refractivity contribution is 0.0706. The molecule has 27 heavy (non-hydrogen) atoms. The van der Waals surface area contributed by atoms with E-state index >= 15 is 0 Å². The van der Waals surface area contributed by atoms with Crippen molar-refractivity contribution in [2.75, 3.05) is 19.7 Å². The molecule has 0 bridgehead atoms. The minimum atomic E-state index is 0.0501. The summed E-state index contributed by atoms with van der Waals surface area (Å²) in [6.45, 7) is 3.97. The fourth-order valence-electron chi connectivity index (χ4n) is 3.71. The summed E-state index contributed by atoms with van der Waals surface area (Å²) in [6.07, 6.45) is 5.32. The zero-order chi connectivity index (χ0) is 18.8. The van der Waals surface area contributed by atoms with Gasteiger partial charge in [0.2, 0.25) is 0 Å². The molecule has 1 aromatic carbocycles. The van der Waals surface area contributed by atoms with Crippen LogP contribution >= 0.6 is 0 Å². The molecular formula is C20H23N5O2. The first kappa shape index (κ1) is 17.5. The number of fused-ring (bicyclic) bond motifs is 1. The third kappa shape index (κ3) is 3.37. The maximum absolute atomic E-state index is 12.9. The Morgan fingerprint density at radius 3 is 2.78 bits per heavy atom. The number of hydrogen-bond donors (Lipinski definition) is 0. The van der Waals surface area contributed by atoms with E-state index in [2.05, 4.69) is 15.1 Å². The van der Waals surface area contributed by atoms with Crippen molar-refractivity contribution in [1.29, 1.82) is 0 Å². The largest absolute Gasteiger partial charge is 0.494 e. The van der Waals surface area contributed by atoms with Crippen LogP contribution in [0, 0.1) is 0 Å². The number of rotatable bonds is 4. The summed E-state index contributed by atoms with van der Waals surface area (Å²) in [5.74, 6) is 1.00. The average Bonchev–Trinajstić information content (AvgIpc) is 3.05. The van der Waals surface area contributed by atoms with E-state index in [0.717, 1.165) is 42.0 Å². The van der Waals surface area contributed by atoms with Gasteiger partial charge in [-0.15, -0.1) is 0 Å². The van der Waals surface area contributed by atoms with E-state index in [-0.39, 0.29) is 11.8 Å². The van der Waals surface area contributed by atoms with Crippen LogP contribution in [0.4, 0.5) is 0 Å². The second-order valence-corrected chi connectivity index (χ2v) is 6.79. The van der Waals surface area contributed by atoms with Crippen LogP contribution < -0.4 is 4.74 Å². The molecule has 2 aromatic heterocycles. The van der Waals surface area contributed by atoms with Gasteiger partial charge in [-0.25, -0.2) is 14.6 Å². The van der Waals surface area contributed by atoms with Crippen molar-refractivity contribution in [3.63, 3.8) is 0 Å². The Balaban J connectivity index is 1.54. The maximum atomic E-state index is 12.9. The maximum Gasteiger partial charge on any atom is 0.253 e. The van der Waals surface area contributed by atoms with Gasteiger partial charge in [0.1, 0.15) is 11.3 Å². The number of piperidine rings is 1. The molecule has 3 heterocycles. The number of aromatic nitrogens is 4. The van der Waals surface area contributed by atoms with Crippen LogP contribution in [-0.4, -0.2) is 50.3 Å². The standard InChI is InChI=1S/C20H23N5O2/c1-3-27-16-8-6-14(7-9-16)20(26)25-12-4-5-15(13-25)17-18-19(24(2)23-17)22-11-10-21-18/h6-11,15H,3-5,12-13H2,1-2H3/t15-/m0/s1. The van der Waals surface area contributed by atoms with E-state index in [9.17, 15) is 4.79 Å². The first-order valence-corrected chi connectivity index (χ1v) is 9.33. The Labute approximate surface area is 158 Å². The molecule has 0 aliphatic carbocycles.